The summed E-state index contributed by atoms with van der Waals surface area (Å²) in [7, 11) is 0. The molecule has 0 saturated heterocycles. The highest BCUT2D eigenvalue weighted by Crippen LogP contribution is 2.06. The van der Waals surface area contributed by atoms with Crippen molar-refractivity contribution in [2.45, 2.75) is 19.1 Å². The van der Waals surface area contributed by atoms with Crippen LogP contribution in [0.1, 0.15) is 11.1 Å². The number of ether oxygens (including phenoxy) is 1. The summed E-state index contributed by atoms with van der Waals surface area (Å²) in [6.07, 6.45) is -0.743. The van der Waals surface area contributed by atoms with Crippen molar-refractivity contribution in [3.63, 3.8) is 0 Å². The van der Waals surface area contributed by atoms with Crippen LogP contribution in [0.25, 0.3) is 0 Å². The van der Waals surface area contributed by atoms with Crippen molar-refractivity contribution >= 4 is 12.1 Å². The van der Waals surface area contributed by atoms with Crippen LogP contribution in [-0.4, -0.2) is 18.2 Å². The van der Waals surface area contributed by atoms with Gasteiger partial charge in [-0.25, -0.2) is 4.79 Å². The Hall–Kier alpha value is -2.69. The van der Waals surface area contributed by atoms with Gasteiger partial charge in [0.25, 0.3) is 0 Å². The van der Waals surface area contributed by atoms with Crippen molar-refractivity contribution in [2.24, 2.45) is 0 Å². The van der Waals surface area contributed by atoms with Crippen LogP contribution in [0, 0.1) is 0 Å². The predicted molar refractivity (Wildman–Crippen MR) is 79.8 cm³/mol. The maximum Gasteiger partial charge on any atom is 0.408 e. The molecule has 22 heavy (non-hydrogen) atoms. The second kappa shape index (κ2) is 7.93. The van der Waals surface area contributed by atoms with E-state index in [4.69, 9.17) is 4.74 Å². The molecule has 2 aromatic carbocycles. The van der Waals surface area contributed by atoms with Crippen molar-refractivity contribution in [1.29, 1.82) is 0 Å². The number of hydrogen-bond donors (Lipinski definition) is 1. The number of carbonyl (C=O) groups is 2. The first-order valence-corrected chi connectivity index (χ1v) is 6.85. The van der Waals surface area contributed by atoms with Gasteiger partial charge in [-0.05, 0) is 11.1 Å². The largest absolute Gasteiger partial charge is 0.445 e. The molecule has 0 heterocycles. The first-order chi connectivity index (χ1) is 10.6. The minimum Gasteiger partial charge on any atom is -0.445 e. The Labute approximate surface area is 127 Å². The molecule has 0 spiro atoms. The van der Waals surface area contributed by atoms with E-state index < -0.39 is 18.2 Å². The maximum atomic E-state index is 13.1. The molecule has 0 aliphatic rings. The van der Waals surface area contributed by atoms with E-state index in [9.17, 15) is 14.0 Å². The Morgan fingerprint density at radius 2 is 1.50 bits per heavy atom. The van der Waals surface area contributed by atoms with Crippen molar-refractivity contribution < 1.29 is 18.7 Å². The average molecular weight is 301 g/mol. The molecule has 0 aliphatic heterocycles. The van der Waals surface area contributed by atoms with Gasteiger partial charge in [0.1, 0.15) is 12.6 Å². The normalized spacial score (nSPS) is 11.5. The third kappa shape index (κ3) is 5.01. The van der Waals surface area contributed by atoms with Gasteiger partial charge in [0.2, 0.25) is 0 Å². The lowest BCUT2D eigenvalue weighted by Crippen LogP contribution is -2.41. The van der Waals surface area contributed by atoms with Crippen LogP contribution in [0.4, 0.5) is 9.18 Å². The van der Waals surface area contributed by atoms with Crippen molar-refractivity contribution in [2.75, 3.05) is 0 Å². The Morgan fingerprint density at radius 3 is 2.05 bits per heavy atom. The van der Waals surface area contributed by atoms with Gasteiger partial charge >= 0.3 is 12.1 Å². The molecular formula is C17H16FNO3. The second-order valence-corrected chi connectivity index (χ2v) is 4.75. The molecule has 0 saturated carbocycles. The van der Waals surface area contributed by atoms with Crippen LogP contribution < -0.4 is 5.32 Å². The summed E-state index contributed by atoms with van der Waals surface area (Å²) in [6, 6.07) is 15.1. The molecule has 0 aliphatic carbocycles. The van der Waals surface area contributed by atoms with Crippen LogP contribution in [-0.2, 0) is 22.6 Å². The number of carbonyl (C=O) groups excluding carboxylic acids is 2. The topological polar surface area (TPSA) is 55.4 Å². The molecule has 0 bridgehead atoms. The van der Waals surface area contributed by atoms with Gasteiger partial charge in [-0.1, -0.05) is 60.7 Å². The van der Waals surface area contributed by atoms with E-state index in [1.807, 2.05) is 24.3 Å². The molecule has 2 rings (SSSR count). The van der Waals surface area contributed by atoms with Gasteiger partial charge in [-0.2, -0.15) is 4.39 Å². The number of hydrogen-bond acceptors (Lipinski definition) is 3. The van der Waals surface area contributed by atoms with E-state index >= 15 is 0 Å². The fraction of sp³-hybridized carbons (Fsp3) is 0.176. The Bertz CT molecular complexity index is 616. The number of benzene rings is 2. The average Bonchev–Trinajstić information content (AvgIpc) is 2.54. The quantitative estimate of drug-likeness (QED) is 0.834. The monoisotopic (exact) mass is 301 g/mol. The minimum atomic E-state index is -1.60. The number of alkyl carbamates (subject to hydrolysis) is 1. The van der Waals surface area contributed by atoms with Gasteiger partial charge in [-0.3, -0.25) is 4.79 Å². The van der Waals surface area contributed by atoms with Crippen LogP contribution in [0.2, 0.25) is 0 Å². The standard InChI is InChI=1S/C17H16FNO3/c18-16(20)15(11-13-7-3-1-4-8-13)19-17(21)22-12-14-9-5-2-6-10-14/h1-10,15H,11-12H2,(H,19,21)/t15-/m1/s1. The highest BCUT2D eigenvalue weighted by atomic mass is 19.1. The van der Waals surface area contributed by atoms with E-state index in [1.165, 1.54) is 0 Å². The van der Waals surface area contributed by atoms with E-state index in [2.05, 4.69) is 5.32 Å². The predicted octanol–water partition coefficient (Wildman–Crippen LogP) is 3.02. The van der Waals surface area contributed by atoms with Crippen molar-refractivity contribution in [3.05, 3.63) is 71.8 Å². The number of amides is 1. The number of nitrogens with one attached hydrogen (secondary N) is 1. The van der Waals surface area contributed by atoms with Gasteiger partial charge in [0.15, 0.2) is 0 Å². The minimum absolute atomic E-state index is 0.0607. The zero-order valence-electron chi connectivity index (χ0n) is 11.9. The molecule has 1 N–H and O–H groups in total. The number of halogens is 1. The summed E-state index contributed by atoms with van der Waals surface area (Å²) in [6.45, 7) is 0.0607. The fourth-order valence-corrected chi connectivity index (χ4v) is 1.94. The summed E-state index contributed by atoms with van der Waals surface area (Å²) in [5.41, 5.74) is 1.56. The summed E-state index contributed by atoms with van der Waals surface area (Å²) in [5.74, 6) is 0. The van der Waals surface area contributed by atoms with Crippen molar-refractivity contribution in [3.8, 4) is 0 Å². The molecule has 0 aromatic heterocycles. The molecular weight excluding hydrogens is 285 g/mol. The van der Waals surface area contributed by atoms with Gasteiger partial charge in [-0.15, -0.1) is 0 Å². The Morgan fingerprint density at radius 1 is 0.955 bits per heavy atom. The first-order valence-electron chi connectivity index (χ1n) is 6.85. The van der Waals surface area contributed by atoms with Gasteiger partial charge in [0.05, 0.1) is 0 Å². The molecule has 0 radical (unpaired) electrons. The van der Waals surface area contributed by atoms with Gasteiger partial charge in [0, 0.05) is 6.42 Å². The molecule has 5 heteroatoms. The van der Waals surface area contributed by atoms with Crippen LogP contribution >= 0.6 is 0 Å². The molecule has 1 amide bonds. The Balaban J connectivity index is 1.88. The fourth-order valence-electron chi connectivity index (χ4n) is 1.94. The second-order valence-electron chi connectivity index (χ2n) is 4.75. The van der Waals surface area contributed by atoms with Gasteiger partial charge < -0.3 is 10.1 Å². The molecule has 1 atom stereocenters. The Kier molecular flexibility index (Phi) is 5.65. The summed E-state index contributed by atoms with van der Waals surface area (Å²) >= 11 is 0. The summed E-state index contributed by atoms with van der Waals surface area (Å²) < 4.78 is 18.0. The summed E-state index contributed by atoms with van der Waals surface area (Å²) in [4.78, 5) is 22.7. The van der Waals surface area contributed by atoms with Crippen LogP contribution in [0.15, 0.2) is 60.7 Å². The molecule has 2 aromatic rings. The summed E-state index contributed by atoms with van der Waals surface area (Å²) in [5, 5.41) is 2.25. The lowest BCUT2D eigenvalue weighted by molar-refractivity contribution is -0.131. The highest BCUT2D eigenvalue weighted by molar-refractivity contribution is 5.80. The van der Waals surface area contributed by atoms with E-state index in [0.29, 0.717) is 0 Å². The van der Waals surface area contributed by atoms with Crippen molar-refractivity contribution in [1.82, 2.24) is 5.32 Å². The third-order valence-electron chi connectivity index (χ3n) is 3.06. The number of rotatable bonds is 6. The van der Waals surface area contributed by atoms with E-state index in [-0.39, 0.29) is 13.0 Å². The zero-order valence-corrected chi connectivity index (χ0v) is 11.9. The highest BCUT2D eigenvalue weighted by Gasteiger charge is 2.21. The zero-order chi connectivity index (χ0) is 15.8. The van der Waals surface area contributed by atoms with E-state index in [0.717, 1.165) is 11.1 Å². The molecule has 4 nitrogen and oxygen atoms in total. The molecule has 114 valence electrons. The third-order valence-corrected chi connectivity index (χ3v) is 3.06. The smallest absolute Gasteiger partial charge is 0.408 e. The molecule has 0 unspecified atom stereocenters. The lowest BCUT2D eigenvalue weighted by Gasteiger charge is -2.14. The van der Waals surface area contributed by atoms with E-state index in [1.54, 1.807) is 36.4 Å². The molecule has 0 fully saturated rings. The lowest BCUT2D eigenvalue weighted by atomic mass is 10.1. The first kappa shape index (κ1) is 15.7. The van der Waals surface area contributed by atoms with Crippen LogP contribution in [0.3, 0.4) is 0 Å². The maximum absolute atomic E-state index is 13.1. The van der Waals surface area contributed by atoms with Crippen LogP contribution in [0.5, 0.6) is 0 Å². The SMILES string of the molecule is O=C(N[C@H](Cc1ccccc1)C(=O)F)OCc1ccccc1.